The predicted molar refractivity (Wildman–Crippen MR) is 54.0 cm³/mol. The van der Waals surface area contributed by atoms with Gasteiger partial charge >= 0.3 is 0 Å². The zero-order valence-electron chi connectivity index (χ0n) is 8.28. The molecule has 0 bridgehead atoms. The molecule has 0 aliphatic carbocycles. The molecule has 0 aliphatic rings. The van der Waals surface area contributed by atoms with Crippen molar-refractivity contribution in [1.82, 2.24) is 9.61 Å². The summed E-state index contributed by atoms with van der Waals surface area (Å²) in [6.45, 7) is 6.59. The van der Waals surface area contributed by atoms with E-state index in [1.165, 1.54) is 16.6 Å². The van der Waals surface area contributed by atoms with Gasteiger partial charge in [0.25, 0.3) is 0 Å². The van der Waals surface area contributed by atoms with Crippen molar-refractivity contribution in [2.24, 2.45) is 0 Å². The summed E-state index contributed by atoms with van der Waals surface area (Å²) in [6, 6.07) is 4.19. The maximum absolute atomic E-state index is 4.22. The Balaban J connectivity index is 2.80. The summed E-state index contributed by atoms with van der Waals surface area (Å²) in [6.07, 6.45) is 3.86. The zero-order chi connectivity index (χ0) is 9.42. The van der Waals surface area contributed by atoms with Gasteiger partial charge in [0.05, 0.1) is 5.52 Å². The molecule has 2 aromatic rings. The molecule has 0 aliphatic heterocycles. The Labute approximate surface area is 78.2 Å². The van der Waals surface area contributed by atoms with Gasteiger partial charge in [0.1, 0.15) is 0 Å². The topological polar surface area (TPSA) is 17.3 Å². The van der Waals surface area contributed by atoms with E-state index in [0.29, 0.717) is 5.92 Å². The van der Waals surface area contributed by atoms with E-state index in [1.807, 2.05) is 16.9 Å². The van der Waals surface area contributed by atoms with E-state index in [4.69, 9.17) is 0 Å². The van der Waals surface area contributed by atoms with Crippen LogP contribution in [0.25, 0.3) is 5.52 Å². The molecular weight excluding hydrogens is 160 g/mol. The highest BCUT2D eigenvalue weighted by molar-refractivity contribution is 5.58. The second-order valence-corrected chi connectivity index (χ2v) is 3.73. The molecule has 0 aromatic carbocycles. The van der Waals surface area contributed by atoms with Gasteiger partial charge in [0.15, 0.2) is 0 Å². The molecule has 0 saturated heterocycles. The summed E-state index contributed by atoms with van der Waals surface area (Å²) >= 11 is 0. The molecule has 0 unspecified atom stereocenters. The van der Waals surface area contributed by atoms with Gasteiger partial charge in [-0.25, -0.2) is 4.52 Å². The molecule has 2 heterocycles. The SMILES string of the molecule is Cc1ccn2nccc2c1C(C)C. The number of pyridine rings is 1. The maximum Gasteiger partial charge on any atom is 0.0698 e. The summed E-state index contributed by atoms with van der Waals surface area (Å²) in [5.74, 6) is 0.556. The minimum absolute atomic E-state index is 0.556. The van der Waals surface area contributed by atoms with Crippen LogP contribution in [0.2, 0.25) is 0 Å². The fourth-order valence-electron chi connectivity index (χ4n) is 1.87. The fraction of sp³-hybridized carbons (Fsp3) is 0.364. The van der Waals surface area contributed by atoms with Crippen molar-refractivity contribution in [3.63, 3.8) is 0 Å². The molecule has 2 heteroatoms. The smallest absolute Gasteiger partial charge is 0.0698 e. The van der Waals surface area contributed by atoms with E-state index in [9.17, 15) is 0 Å². The second kappa shape index (κ2) is 2.87. The van der Waals surface area contributed by atoms with Crippen molar-refractivity contribution < 1.29 is 0 Å². The first-order valence-electron chi connectivity index (χ1n) is 4.63. The van der Waals surface area contributed by atoms with E-state index in [-0.39, 0.29) is 0 Å². The molecule has 0 amide bonds. The molecule has 2 rings (SSSR count). The first kappa shape index (κ1) is 8.30. The van der Waals surface area contributed by atoms with Crippen molar-refractivity contribution in [3.05, 3.63) is 35.7 Å². The largest absolute Gasteiger partial charge is 0.241 e. The number of aryl methyl sites for hydroxylation is 1. The predicted octanol–water partition coefficient (Wildman–Crippen LogP) is 2.77. The molecule has 0 saturated carbocycles. The van der Waals surface area contributed by atoms with Crippen LogP contribution in [0, 0.1) is 6.92 Å². The molecule has 0 N–H and O–H groups in total. The number of rotatable bonds is 1. The highest BCUT2D eigenvalue weighted by Crippen LogP contribution is 2.23. The molecule has 0 spiro atoms. The van der Waals surface area contributed by atoms with Gasteiger partial charge in [-0.2, -0.15) is 5.10 Å². The molecule has 0 fully saturated rings. The third kappa shape index (κ3) is 1.22. The number of hydrogen-bond donors (Lipinski definition) is 0. The Morgan fingerprint density at radius 1 is 1.31 bits per heavy atom. The number of fused-ring (bicyclic) bond motifs is 1. The third-order valence-corrected chi connectivity index (χ3v) is 2.41. The van der Waals surface area contributed by atoms with Gasteiger partial charge in [-0.15, -0.1) is 0 Å². The minimum Gasteiger partial charge on any atom is -0.241 e. The monoisotopic (exact) mass is 174 g/mol. The highest BCUT2D eigenvalue weighted by Gasteiger charge is 2.08. The average Bonchev–Trinajstić information content (AvgIpc) is 2.50. The van der Waals surface area contributed by atoms with Crippen molar-refractivity contribution in [2.45, 2.75) is 26.7 Å². The molecule has 2 nitrogen and oxygen atoms in total. The Morgan fingerprint density at radius 2 is 2.08 bits per heavy atom. The van der Waals surface area contributed by atoms with Gasteiger partial charge in [0, 0.05) is 12.4 Å². The van der Waals surface area contributed by atoms with E-state index in [0.717, 1.165) is 0 Å². The summed E-state index contributed by atoms with van der Waals surface area (Å²) < 4.78 is 1.93. The van der Waals surface area contributed by atoms with Crippen LogP contribution in [0.1, 0.15) is 30.9 Å². The second-order valence-electron chi connectivity index (χ2n) is 3.73. The van der Waals surface area contributed by atoms with E-state index < -0.39 is 0 Å². The standard InChI is InChI=1S/C11H14N2/c1-8(2)11-9(3)5-7-13-10(11)4-6-12-13/h4-8H,1-3H3. The lowest BCUT2D eigenvalue weighted by molar-refractivity contribution is 0.843. The maximum atomic E-state index is 4.22. The van der Waals surface area contributed by atoms with Crippen molar-refractivity contribution >= 4 is 5.52 Å². The summed E-state index contributed by atoms with van der Waals surface area (Å²) in [5, 5.41) is 4.22. The highest BCUT2D eigenvalue weighted by atomic mass is 15.2. The van der Waals surface area contributed by atoms with Crippen LogP contribution in [-0.2, 0) is 0 Å². The van der Waals surface area contributed by atoms with Gasteiger partial charge < -0.3 is 0 Å². The fourth-order valence-corrected chi connectivity index (χ4v) is 1.87. The lowest BCUT2D eigenvalue weighted by Crippen LogP contribution is -1.97. The van der Waals surface area contributed by atoms with E-state index in [2.05, 4.69) is 38.0 Å². The van der Waals surface area contributed by atoms with E-state index in [1.54, 1.807) is 0 Å². The first-order valence-corrected chi connectivity index (χ1v) is 4.63. The Bertz CT molecular complexity index is 427. The molecule has 0 atom stereocenters. The Hall–Kier alpha value is -1.31. The van der Waals surface area contributed by atoms with Crippen LogP contribution in [-0.4, -0.2) is 9.61 Å². The number of hydrogen-bond acceptors (Lipinski definition) is 1. The van der Waals surface area contributed by atoms with Crippen LogP contribution in [0.5, 0.6) is 0 Å². The summed E-state index contributed by atoms with van der Waals surface area (Å²) in [4.78, 5) is 0. The molecule has 2 aromatic heterocycles. The van der Waals surface area contributed by atoms with Crippen LogP contribution < -0.4 is 0 Å². The van der Waals surface area contributed by atoms with Crippen molar-refractivity contribution in [2.75, 3.05) is 0 Å². The average molecular weight is 174 g/mol. The van der Waals surface area contributed by atoms with Crippen molar-refractivity contribution in [3.8, 4) is 0 Å². The van der Waals surface area contributed by atoms with Crippen molar-refractivity contribution in [1.29, 1.82) is 0 Å². The van der Waals surface area contributed by atoms with Gasteiger partial charge in [0.2, 0.25) is 0 Å². The Kier molecular flexibility index (Phi) is 1.83. The number of aromatic nitrogens is 2. The van der Waals surface area contributed by atoms with Gasteiger partial charge in [-0.05, 0) is 36.1 Å². The lowest BCUT2D eigenvalue weighted by atomic mass is 9.98. The molecule has 0 radical (unpaired) electrons. The first-order chi connectivity index (χ1) is 6.20. The molecular formula is C11H14N2. The summed E-state index contributed by atoms with van der Waals surface area (Å²) in [7, 11) is 0. The van der Waals surface area contributed by atoms with Crippen LogP contribution in [0.4, 0.5) is 0 Å². The quantitative estimate of drug-likeness (QED) is 0.649. The van der Waals surface area contributed by atoms with Crippen LogP contribution in [0.3, 0.4) is 0 Å². The van der Waals surface area contributed by atoms with Gasteiger partial charge in [-0.1, -0.05) is 13.8 Å². The Morgan fingerprint density at radius 3 is 2.77 bits per heavy atom. The normalized spacial score (nSPS) is 11.4. The third-order valence-electron chi connectivity index (χ3n) is 2.41. The zero-order valence-corrected chi connectivity index (χ0v) is 8.28. The summed E-state index contributed by atoms with van der Waals surface area (Å²) in [5.41, 5.74) is 3.98. The number of nitrogens with zero attached hydrogens (tertiary/aromatic N) is 2. The van der Waals surface area contributed by atoms with Gasteiger partial charge in [-0.3, -0.25) is 0 Å². The van der Waals surface area contributed by atoms with E-state index >= 15 is 0 Å². The van der Waals surface area contributed by atoms with Crippen LogP contribution >= 0.6 is 0 Å². The molecule has 68 valence electrons. The lowest BCUT2D eigenvalue weighted by Gasteiger charge is -2.10. The minimum atomic E-state index is 0.556. The van der Waals surface area contributed by atoms with Crippen LogP contribution in [0.15, 0.2) is 24.5 Å². The molecule has 13 heavy (non-hydrogen) atoms.